The molecule has 0 bridgehead atoms. The summed E-state index contributed by atoms with van der Waals surface area (Å²) in [6, 6.07) is 8.06. The molecule has 0 saturated carbocycles. The van der Waals surface area contributed by atoms with Crippen LogP contribution in [0.5, 0.6) is 0 Å². The van der Waals surface area contributed by atoms with Crippen molar-refractivity contribution in [2.45, 2.75) is 133 Å². The predicted molar refractivity (Wildman–Crippen MR) is 192 cm³/mol. The molecule has 41 heavy (non-hydrogen) atoms. The molecule has 3 aliphatic heterocycles. The zero-order valence-corrected chi connectivity index (χ0v) is 32.3. The summed E-state index contributed by atoms with van der Waals surface area (Å²) in [6.07, 6.45) is 6.59. The lowest BCUT2D eigenvalue weighted by molar-refractivity contribution is -0.120. The van der Waals surface area contributed by atoms with Crippen molar-refractivity contribution in [3.8, 4) is 0 Å². The zero-order chi connectivity index (χ0) is 30.4. The van der Waals surface area contributed by atoms with Gasteiger partial charge >= 0.3 is 0 Å². The maximum absolute atomic E-state index is 13.1. The summed E-state index contributed by atoms with van der Waals surface area (Å²) in [5.74, 6) is 1.68. The first-order valence-electron chi connectivity index (χ1n) is 16.5. The molecule has 232 valence electrons. The second-order valence-electron chi connectivity index (χ2n) is 17.5. The third-order valence-electron chi connectivity index (χ3n) is 9.88. The second-order valence-corrected chi connectivity index (χ2v) is 33.0. The molecule has 3 nitrogen and oxygen atoms in total. The average molecular weight is 633 g/mol. The minimum absolute atomic E-state index is 0.000841. The van der Waals surface area contributed by atoms with E-state index < -0.39 is 24.1 Å². The van der Waals surface area contributed by atoms with Crippen LogP contribution in [0.2, 0.25) is 39.3 Å². The second kappa shape index (κ2) is 12.5. The van der Waals surface area contributed by atoms with Gasteiger partial charge in [-0.2, -0.15) is 0 Å². The maximum Gasteiger partial charge on any atom is 0.134 e. The third-order valence-corrected chi connectivity index (χ3v) is 17.6. The normalized spacial score (nSPS) is 27.4. The highest BCUT2D eigenvalue weighted by Gasteiger charge is 2.52. The molecule has 0 aliphatic carbocycles. The minimum atomic E-state index is -1.34. The van der Waals surface area contributed by atoms with Crippen molar-refractivity contribution in [1.29, 1.82) is 0 Å². The first-order chi connectivity index (χ1) is 18.8. The number of carbonyl (C=O) groups is 1. The van der Waals surface area contributed by atoms with Crippen molar-refractivity contribution >= 4 is 44.4 Å². The van der Waals surface area contributed by atoms with Gasteiger partial charge < -0.3 is 10.6 Å². The van der Waals surface area contributed by atoms with Crippen molar-refractivity contribution in [2.24, 2.45) is 11.8 Å². The Morgan fingerprint density at radius 1 is 0.829 bits per heavy atom. The standard InChI is InChI=1S/C34H62N2OP2Si2/c1-32(2)19-29(37)20-33(3,4)39(32)31-18-26(24-41(8,9)10)25(23-40(5,6)7)17-30(31)34(38,27-13-11-15-35-21-27)28-14-12-16-36-22-28/h17-18,27-28,35-36H,11-16,19-24,38H2,1-10H3. The van der Waals surface area contributed by atoms with E-state index in [0.29, 0.717) is 17.6 Å². The van der Waals surface area contributed by atoms with E-state index in [-0.39, 0.29) is 15.5 Å². The number of benzene rings is 1. The Morgan fingerprint density at radius 2 is 1.27 bits per heavy atom. The number of hydrogen-bond acceptors (Lipinski definition) is 3. The van der Waals surface area contributed by atoms with Crippen LogP contribution in [0.1, 0.15) is 82.9 Å². The quantitative estimate of drug-likeness (QED) is 0.229. The van der Waals surface area contributed by atoms with Crippen molar-refractivity contribution in [3.05, 3.63) is 28.8 Å². The Labute approximate surface area is 258 Å². The van der Waals surface area contributed by atoms with Crippen LogP contribution >= 0.6 is 17.2 Å². The van der Waals surface area contributed by atoms with Gasteiger partial charge in [0.1, 0.15) is 5.78 Å². The lowest BCUT2D eigenvalue weighted by Gasteiger charge is -2.53. The van der Waals surface area contributed by atoms with Crippen molar-refractivity contribution in [3.63, 3.8) is 0 Å². The van der Waals surface area contributed by atoms with Gasteiger partial charge in [-0.25, -0.2) is 0 Å². The number of rotatable bonds is 8. The molecule has 3 saturated heterocycles. The van der Waals surface area contributed by atoms with Crippen LogP contribution in [0.4, 0.5) is 0 Å². The highest BCUT2D eigenvalue weighted by molar-refractivity contribution is 7.69. The number of ketones is 1. The number of piperidine rings is 2. The van der Waals surface area contributed by atoms with Crippen molar-refractivity contribution in [2.75, 3.05) is 26.2 Å². The van der Waals surface area contributed by atoms with Crippen LogP contribution < -0.4 is 15.9 Å². The molecule has 1 aromatic carbocycles. The van der Waals surface area contributed by atoms with Crippen molar-refractivity contribution < 1.29 is 4.79 Å². The SMILES string of the molecule is CC1(C)CC(=O)CC(C)(C)P1c1cc(C[Si](C)(C)C)c(C[Si](C)(C)C)cc1C(P)(C1CCCNC1)C1CCCNC1. The molecule has 7 heteroatoms. The van der Waals surface area contributed by atoms with E-state index in [1.54, 1.807) is 22.0 Å². The Morgan fingerprint density at radius 3 is 1.66 bits per heavy atom. The van der Waals surface area contributed by atoms with Crippen LogP contribution in [0.3, 0.4) is 0 Å². The first kappa shape index (κ1) is 34.0. The number of Topliss-reactive ketones (excluding diaryl/α,β-unsaturated/α-hetero) is 1. The molecule has 0 aromatic heterocycles. The highest BCUT2D eigenvalue weighted by atomic mass is 31.1. The summed E-state index contributed by atoms with van der Waals surface area (Å²) in [5, 5.41) is 9.34. The third kappa shape index (κ3) is 7.85. The fourth-order valence-corrected chi connectivity index (χ4v) is 16.9. The highest BCUT2D eigenvalue weighted by Crippen LogP contribution is 2.66. The molecule has 3 fully saturated rings. The van der Waals surface area contributed by atoms with Crippen LogP contribution in [0.25, 0.3) is 0 Å². The van der Waals surface area contributed by atoms with Gasteiger partial charge in [0.15, 0.2) is 0 Å². The molecule has 3 heterocycles. The molecule has 3 atom stereocenters. The van der Waals surface area contributed by atoms with E-state index in [4.69, 9.17) is 0 Å². The van der Waals surface area contributed by atoms with E-state index >= 15 is 0 Å². The van der Waals surface area contributed by atoms with Gasteiger partial charge in [-0.3, -0.25) is 4.79 Å². The molecule has 3 unspecified atom stereocenters. The van der Waals surface area contributed by atoms with Crippen molar-refractivity contribution in [1.82, 2.24) is 10.6 Å². The van der Waals surface area contributed by atoms with Crippen LogP contribution in [-0.2, 0) is 22.0 Å². The monoisotopic (exact) mass is 632 g/mol. The van der Waals surface area contributed by atoms with Crippen LogP contribution in [0.15, 0.2) is 12.1 Å². The maximum atomic E-state index is 13.1. The Balaban J connectivity index is 2.05. The molecule has 3 aliphatic rings. The van der Waals surface area contributed by atoms with Crippen LogP contribution in [0, 0.1) is 11.8 Å². The molecule has 2 N–H and O–H groups in total. The summed E-state index contributed by atoms with van der Waals surface area (Å²) in [6.45, 7) is 29.5. The topological polar surface area (TPSA) is 41.1 Å². The van der Waals surface area contributed by atoms with E-state index in [1.807, 2.05) is 0 Å². The summed E-state index contributed by atoms with van der Waals surface area (Å²) < 4.78 is 0. The van der Waals surface area contributed by atoms with Gasteiger partial charge in [-0.05, 0) is 108 Å². The van der Waals surface area contributed by atoms with Gasteiger partial charge in [-0.15, -0.1) is 9.24 Å². The first-order valence-corrected chi connectivity index (χ1v) is 25.9. The minimum Gasteiger partial charge on any atom is -0.316 e. The molecular formula is C34H62N2OP2Si2. The van der Waals surface area contributed by atoms with Gasteiger partial charge in [0.25, 0.3) is 0 Å². The predicted octanol–water partition coefficient (Wildman–Crippen LogP) is 7.62. The molecular weight excluding hydrogens is 571 g/mol. The Hall–Kier alpha value is 0.104. The van der Waals surface area contributed by atoms with Gasteiger partial charge in [0, 0.05) is 34.1 Å². The summed E-state index contributed by atoms with van der Waals surface area (Å²) in [4.78, 5) is 13.1. The smallest absolute Gasteiger partial charge is 0.134 e. The van der Waals surface area contributed by atoms with Crippen LogP contribution in [-0.4, -0.2) is 58.4 Å². The number of hydrogen-bond donors (Lipinski definition) is 2. The zero-order valence-electron chi connectivity index (χ0n) is 28.2. The lowest BCUT2D eigenvalue weighted by Crippen LogP contribution is -2.52. The average Bonchev–Trinajstić information content (AvgIpc) is 2.82. The molecule has 1 aromatic rings. The lowest BCUT2D eigenvalue weighted by atomic mass is 9.70. The fraction of sp³-hybridized carbons (Fsp3) is 0.794. The van der Waals surface area contributed by atoms with E-state index in [1.165, 1.54) is 37.8 Å². The van der Waals surface area contributed by atoms with E-state index in [9.17, 15) is 4.79 Å². The van der Waals surface area contributed by atoms with Gasteiger partial charge in [0.2, 0.25) is 0 Å². The van der Waals surface area contributed by atoms with E-state index in [2.05, 4.69) is 99.0 Å². The number of nitrogens with one attached hydrogen (secondary N) is 2. The van der Waals surface area contributed by atoms with E-state index in [0.717, 1.165) is 39.0 Å². The van der Waals surface area contributed by atoms with Gasteiger partial charge in [-0.1, -0.05) is 87.0 Å². The number of carbonyl (C=O) groups excluding carboxylic acids is 1. The molecule has 0 spiro atoms. The molecule has 0 amide bonds. The summed E-state index contributed by atoms with van der Waals surface area (Å²) in [7, 11) is 0.335. The fourth-order valence-electron chi connectivity index (χ4n) is 8.63. The Bertz CT molecular complexity index is 1060. The largest absolute Gasteiger partial charge is 0.316 e. The Kier molecular flexibility index (Phi) is 10.3. The molecule has 4 rings (SSSR count). The summed E-state index contributed by atoms with van der Waals surface area (Å²) in [5.41, 5.74) is 4.95. The summed E-state index contributed by atoms with van der Waals surface area (Å²) >= 11 is 0. The molecule has 0 radical (unpaired) electrons. The van der Waals surface area contributed by atoms with Gasteiger partial charge in [0.05, 0.1) is 0 Å².